The zero-order valence-corrected chi connectivity index (χ0v) is 15.1. The lowest BCUT2D eigenvalue weighted by atomic mass is 10.2. The van der Waals surface area contributed by atoms with Gasteiger partial charge >= 0.3 is 6.03 Å². The molecule has 1 aromatic carbocycles. The quantitative estimate of drug-likeness (QED) is 0.858. The first-order valence-corrected chi connectivity index (χ1v) is 9.07. The van der Waals surface area contributed by atoms with Crippen molar-refractivity contribution in [3.05, 3.63) is 33.2 Å². The number of aryl methyl sites for hydroxylation is 1. The van der Waals surface area contributed by atoms with Gasteiger partial charge in [0.05, 0.1) is 13.1 Å². The molecule has 0 atom stereocenters. The number of halogens is 1. The molecule has 3 rings (SSSR count). The number of nitrogens with one attached hydrogen (secondary N) is 1. The van der Waals surface area contributed by atoms with Gasteiger partial charge in [-0.2, -0.15) is 0 Å². The molecular weight excluding hydrogens is 380 g/mol. The molecule has 2 heterocycles. The Morgan fingerprint density at radius 1 is 1.48 bits per heavy atom. The number of amides is 2. The van der Waals surface area contributed by atoms with Crippen LogP contribution in [-0.4, -0.2) is 34.3 Å². The number of aromatic nitrogens is 2. The average Bonchev–Trinajstić information content (AvgIpc) is 2.83. The Balaban J connectivity index is 1.70. The number of hydrogen-bond donors (Lipinski definition) is 1. The number of benzene rings is 1. The molecule has 0 bridgehead atoms. The molecule has 0 fully saturated rings. The minimum atomic E-state index is -0.184. The van der Waals surface area contributed by atoms with Crippen LogP contribution in [0, 0.1) is 0 Å². The van der Waals surface area contributed by atoms with Gasteiger partial charge in [0.15, 0.2) is 0 Å². The fourth-order valence-corrected chi connectivity index (χ4v) is 3.63. The minimum absolute atomic E-state index is 0.184. The maximum atomic E-state index is 12.5. The van der Waals surface area contributed by atoms with Gasteiger partial charge in [0.1, 0.15) is 17.4 Å². The molecule has 0 spiro atoms. The van der Waals surface area contributed by atoms with E-state index in [4.69, 9.17) is 4.74 Å². The molecule has 122 valence electrons. The van der Waals surface area contributed by atoms with Crippen molar-refractivity contribution in [2.24, 2.45) is 0 Å². The van der Waals surface area contributed by atoms with E-state index in [9.17, 15) is 4.79 Å². The second-order valence-corrected chi connectivity index (χ2v) is 7.08. The third-order valence-electron chi connectivity index (χ3n) is 3.48. The van der Waals surface area contributed by atoms with Gasteiger partial charge in [-0.05, 0) is 18.6 Å². The number of hydrogen-bond acceptors (Lipinski definition) is 5. The van der Waals surface area contributed by atoms with Crippen molar-refractivity contribution in [1.29, 1.82) is 0 Å². The van der Waals surface area contributed by atoms with Crippen molar-refractivity contribution in [3.8, 4) is 5.75 Å². The van der Waals surface area contributed by atoms with Crippen LogP contribution in [0.3, 0.4) is 0 Å². The molecule has 1 N–H and O–H groups in total. The molecule has 6 nitrogen and oxygen atoms in total. The third-order valence-corrected chi connectivity index (χ3v) is 5.12. The Labute approximate surface area is 147 Å². The monoisotopic (exact) mass is 396 g/mol. The number of carbonyl (C=O) groups is 1. The summed E-state index contributed by atoms with van der Waals surface area (Å²) in [6, 6.07) is 5.61. The third kappa shape index (κ3) is 3.81. The molecule has 23 heavy (non-hydrogen) atoms. The molecule has 1 aromatic heterocycles. The summed E-state index contributed by atoms with van der Waals surface area (Å²) in [5.74, 6) is 0.816. The topological polar surface area (TPSA) is 67.4 Å². The number of nitrogens with zero attached hydrogens (tertiary/aromatic N) is 3. The first-order valence-electron chi connectivity index (χ1n) is 7.46. The predicted molar refractivity (Wildman–Crippen MR) is 93.0 cm³/mol. The molecule has 1 aliphatic heterocycles. The van der Waals surface area contributed by atoms with E-state index < -0.39 is 0 Å². The highest BCUT2D eigenvalue weighted by Crippen LogP contribution is 2.30. The maximum Gasteiger partial charge on any atom is 0.324 e. The summed E-state index contributed by atoms with van der Waals surface area (Å²) >= 11 is 4.94. The lowest BCUT2D eigenvalue weighted by molar-refractivity contribution is 0.200. The fourth-order valence-electron chi connectivity index (χ4n) is 2.33. The van der Waals surface area contributed by atoms with E-state index >= 15 is 0 Å². The average molecular weight is 397 g/mol. The van der Waals surface area contributed by atoms with E-state index in [1.165, 1.54) is 11.3 Å². The Morgan fingerprint density at radius 2 is 2.35 bits per heavy atom. The summed E-state index contributed by atoms with van der Waals surface area (Å²) in [5, 5.41) is 12.4. The highest BCUT2D eigenvalue weighted by Gasteiger charge is 2.22. The van der Waals surface area contributed by atoms with Crippen LogP contribution in [0.15, 0.2) is 22.7 Å². The number of ether oxygens (including phenoxy) is 1. The van der Waals surface area contributed by atoms with Crippen LogP contribution >= 0.6 is 27.3 Å². The SMILES string of the molecule is CCCc1nnc(NC(=O)N2CCOc3cccc(Br)c3C2)s1. The Bertz CT molecular complexity index is 707. The van der Waals surface area contributed by atoms with Gasteiger partial charge in [-0.1, -0.05) is 40.3 Å². The van der Waals surface area contributed by atoms with E-state index in [-0.39, 0.29) is 6.03 Å². The molecule has 8 heteroatoms. The van der Waals surface area contributed by atoms with Crippen LogP contribution in [0.4, 0.5) is 9.93 Å². The molecule has 0 unspecified atom stereocenters. The summed E-state index contributed by atoms with van der Waals surface area (Å²) < 4.78 is 6.66. The number of urea groups is 1. The van der Waals surface area contributed by atoms with Crippen LogP contribution in [0.2, 0.25) is 0 Å². The summed E-state index contributed by atoms with van der Waals surface area (Å²) in [5.41, 5.74) is 0.976. The molecule has 0 saturated heterocycles. The van der Waals surface area contributed by atoms with Gasteiger partial charge in [-0.25, -0.2) is 4.79 Å². The lowest BCUT2D eigenvalue weighted by Crippen LogP contribution is -2.36. The Hall–Kier alpha value is -1.67. The first kappa shape index (κ1) is 16.2. The summed E-state index contributed by atoms with van der Waals surface area (Å²) in [6.45, 7) is 3.57. The Kier molecular flexibility index (Phi) is 5.12. The number of anilines is 1. The summed E-state index contributed by atoms with van der Waals surface area (Å²) in [6.07, 6.45) is 1.89. The van der Waals surface area contributed by atoms with Gasteiger partial charge in [0.2, 0.25) is 5.13 Å². The van der Waals surface area contributed by atoms with Crippen LogP contribution < -0.4 is 10.1 Å². The molecule has 2 aromatic rings. The van der Waals surface area contributed by atoms with Crippen LogP contribution in [-0.2, 0) is 13.0 Å². The fraction of sp³-hybridized carbons (Fsp3) is 0.400. The first-order chi connectivity index (χ1) is 11.2. The zero-order valence-electron chi connectivity index (χ0n) is 12.7. The van der Waals surface area contributed by atoms with Gasteiger partial charge < -0.3 is 9.64 Å². The highest BCUT2D eigenvalue weighted by atomic mass is 79.9. The molecular formula is C15H17BrN4O2S. The standard InChI is InChI=1S/C15H17BrN4O2S/c1-2-4-13-18-19-14(23-13)17-15(21)20-7-8-22-12-6-3-5-11(16)10(12)9-20/h3,5-6H,2,4,7-9H2,1H3,(H,17,19,21). The number of fused-ring (bicyclic) bond motifs is 1. The molecule has 0 radical (unpaired) electrons. The van der Waals surface area contributed by atoms with Gasteiger partial charge in [-0.3, -0.25) is 5.32 Å². The van der Waals surface area contributed by atoms with Gasteiger partial charge in [0.25, 0.3) is 0 Å². The maximum absolute atomic E-state index is 12.5. The molecule has 0 aliphatic carbocycles. The second kappa shape index (κ2) is 7.27. The van der Waals surface area contributed by atoms with Crippen LogP contribution in [0.1, 0.15) is 23.9 Å². The zero-order chi connectivity index (χ0) is 16.2. The van der Waals surface area contributed by atoms with E-state index in [1.54, 1.807) is 4.90 Å². The Morgan fingerprint density at radius 3 is 3.17 bits per heavy atom. The second-order valence-electron chi connectivity index (χ2n) is 5.17. The largest absolute Gasteiger partial charge is 0.491 e. The molecule has 0 saturated carbocycles. The number of carbonyl (C=O) groups excluding carboxylic acids is 1. The van der Waals surface area contributed by atoms with Crippen molar-refractivity contribution in [2.45, 2.75) is 26.3 Å². The lowest BCUT2D eigenvalue weighted by Gasteiger charge is -2.19. The highest BCUT2D eigenvalue weighted by molar-refractivity contribution is 9.10. The van der Waals surface area contributed by atoms with Crippen LogP contribution in [0.5, 0.6) is 5.75 Å². The van der Waals surface area contributed by atoms with Gasteiger partial charge in [-0.15, -0.1) is 10.2 Å². The normalized spacial score (nSPS) is 13.9. The van der Waals surface area contributed by atoms with E-state index in [1.807, 2.05) is 18.2 Å². The van der Waals surface area contributed by atoms with Crippen molar-refractivity contribution in [1.82, 2.24) is 15.1 Å². The predicted octanol–water partition coefficient (Wildman–Crippen LogP) is 3.68. The van der Waals surface area contributed by atoms with E-state index in [0.29, 0.717) is 24.8 Å². The minimum Gasteiger partial charge on any atom is -0.491 e. The van der Waals surface area contributed by atoms with Crippen molar-refractivity contribution >= 4 is 38.4 Å². The number of rotatable bonds is 3. The van der Waals surface area contributed by atoms with E-state index in [0.717, 1.165) is 33.6 Å². The summed E-state index contributed by atoms with van der Waals surface area (Å²) in [4.78, 5) is 14.2. The molecule has 2 amide bonds. The van der Waals surface area contributed by atoms with E-state index in [2.05, 4.69) is 38.4 Å². The van der Waals surface area contributed by atoms with Crippen molar-refractivity contribution in [2.75, 3.05) is 18.5 Å². The van der Waals surface area contributed by atoms with Crippen molar-refractivity contribution in [3.63, 3.8) is 0 Å². The van der Waals surface area contributed by atoms with Crippen molar-refractivity contribution < 1.29 is 9.53 Å². The molecule has 1 aliphatic rings. The summed E-state index contributed by atoms with van der Waals surface area (Å²) in [7, 11) is 0. The van der Waals surface area contributed by atoms with Crippen LogP contribution in [0.25, 0.3) is 0 Å². The van der Waals surface area contributed by atoms with Gasteiger partial charge in [0, 0.05) is 16.5 Å². The smallest absolute Gasteiger partial charge is 0.324 e.